The first-order valence-corrected chi connectivity index (χ1v) is 7.07. The van der Waals surface area contributed by atoms with Gasteiger partial charge < -0.3 is 72.7 Å². The zero-order chi connectivity index (χ0) is 23.8. The van der Waals surface area contributed by atoms with Crippen LogP contribution in [0, 0.1) is 0 Å². The van der Waals surface area contributed by atoms with E-state index in [1.165, 1.54) is 0 Å². The summed E-state index contributed by atoms with van der Waals surface area (Å²) in [5.74, 6) is 0. The van der Waals surface area contributed by atoms with Crippen molar-refractivity contribution < 1.29 is 111 Å². The van der Waals surface area contributed by atoms with Gasteiger partial charge >= 0.3 is 69.0 Å². The van der Waals surface area contributed by atoms with E-state index < -0.39 is 22.9 Å². The molecule has 0 amide bonds. The summed E-state index contributed by atoms with van der Waals surface area (Å²) < 4.78 is 25.1. The molecule has 0 fully saturated rings. The molecule has 0 aliphatic carbocycles. The van der Waals surface area contributed by atoms with Crippen LogP contribution in [0.15, 0.2) is 0 Å². The van der Waals surface area contributed by atoms with E-state index in [-0.39, 0.29) is 56.6 Å². The average molecular weight is 560 g/mol. The zero-order valence-corrected chi connectivity index (χ0v) is 20.5. The molecule has 0 aromatic carbocycles. The SMILES string of the molecule is O=[P+]([O-])OO.OB(O)O.OOOO[PH-].OOOO[PH-].OO[P-]OO.[HH].[Mg+2].[Mg+2].[O-]B(O)O. The number of hydrogen-bond donors (Lipinski definition) is 10. The molecule has 0 bridgehead atoms. The van der Waals surface area contributed by atoms with Gasteiger partial charge in [0.1, 0.15) is 0 Å². The van der Waals surface area contributed by atoms with Gasteiger partial charge in [-0.3, -0.25) is 10.5 Å². The molecule has 0 rings (SSSR count). The fourth-order valence-electron chi connectivity index (χ4n) is 0.0453. The Hall–Kier alpha value is 2.21. The fraction of sp³-hybridized carbons (Fsp3) is 0. The van der Waals surface area contributed by atoms with Crippen LogP contribution in [0.4, 0.5) is 0 Å². The first-order valence-electron chi connectivity index (χ1n) is 4.43. The van der Waals surface area contributed by atoms with Crippen molar-refractivity contribution in [3.8, 4) is 0 Å². The van der Waals surface area contributed by atoms with E-state index in [1.807, 2.05) is 0 Å². The predicted octanol–water partition coefficient (Wildman–Crippen LogP) is -4.22. The Kier molecular flexibility index (Phi) is 113. The summed E-state index contributed by atoms with van der Waals surface area (Å²) in [5, 5.41) is 92.7. The molecule has 0 saturated carbocycles. The molecule has 30 heavy (non-hydrogen) atoms. The Balaban J connectivity index is -0.0000000263. The Morgan fingerprint density at radius 1 is 0.833 bits per heavy atom. The van der Waals surface area contributed by atoms with Crippen molar-refractivity contribution >= 4 is 97.0 Å². The van der Waals surface area contributed by atoms with Crippen molar-refractivity contribution in [3.05, 3.63) is 0 Å². The van der Waals surface area contributed by atoms with E-state index >= 15 is 0 Å². The van der Waals surface area contributed by atoms with Crippen molar-refractivity contribution in [1.29, 1.82) is 0 Å². The summed E-state index contributed by atoms with van der Waals surface area (Å²) in [6.07, 6.45) is 0. The van der Waals surface area contributed by atoms with Crippen LogP contribution in [-0.2, 0) is 48.1 Å². The molecule has 10 N–H and O–H groups in total. The minimum absolute atomic E-state index is 0. The Bertz CT molecular complexity index is 200. The molecule has 30 heteroatoms. The standard InChI is InChI=1S/BH3O3.BH2O3.2Mg.HO4P.3H2O4P.H2/c2*2-1(3)4;;;1-4-5(2)3;1-3-5-4-2;2*1-2-3-4-5;/h2-4H;2-3H;;;1H;1-2H;2*1,5H;1H/q;-1;2*+2;;3*-1;. The van der Waals surface area contributed by atoms with Crippen LogP contribution in [-0.4, -0.2) is 112 Å². The van der Waals surface area contributed by atoms with Gasteiger partial charge in [-0.25, -0.2) is 15.8 Å². The van der Waals surface area contributed by atoms with Gasteiger partial charge in [0.25, 0.3) is 0 Å². The van der Waals surface area contributed by atoms with Crippen molar-refractivity contribution in [2.24, 2.45) is 0 Å². The largest absolute Gasteiger partial charge is 2.00 e. The summed E-state index contributed by atoms with van der Waals surface area (Å²) in [6.45, 7) is 0. The second-order valence-corrected chi connectivity index (χ2v) is 3.09. The fourth-order valence-corrected chi connectivity index (χ4v) is 0.136. The van der Waals surface area contributed by atoms with Crippen LogP contribution in [0.1, 0.15) is 1.43 Å². The normalized spacial score (nSPS) is 7.87. The van der Waals surface area contributed by atoms with E-state index in [4.69, 9.17) is 65.9 Å². The molecule has 22 nitrogen and oxygen atoms in total. The molecule has 0 aliphatic heterocycles. The van der Waals surface area contributed by atoms with Crippen LogP contribution in [0.5, 0.6) is 0 Å². The summed E-state index contributed by atoms with van der Waals surface area (Å²) in [4.78, 5) is 8.93. The first kappa shape index (κ1) is 53.5. The average Bonchev–Trinajstić information content (AvgIpc) is 2.58. The third kappa shape index (κ3) is 247. The second-order valence-electron chi connectivity index (χ2n) is 1.67. The van der Waals surface area contributed by atoms with Crippen molar-refractivity contribution in [2.45, 2.75) is 0 Å². The van der Waals surface area contributed by atoms with E-state index in [1.54, 1.807) is 0 Å². The summed E-state index contributed by atoms with van der Waals surface area (Å²) in [6, 6.07) is 0. The Morgan fingerprint density at radius 3 is 1.03 bits per heavy atom. The minimum atomic E-state index is -3.04. The molecule has 0 radical (unpaired) electrons. The quantitative estimate of drug-likeness (QED) is 0.0610. The number of hydrogen-bond acceptors (Lipinski definition) is 22. The molecule has 1 unspecified atom stereocenters. The van der Waals surface area contributed by atoms with E-state index in [0.717, 1.165) is 0 Å². The van der Waals surface area contributed by atoms with Crippen molar-refractivity contribution in [3.63, 3.8) is 0 Å². The van der Waals surface area contributed by atoms with Crippen LogP contribution in [0.3, 0.4) is 0 Å². The third-order valence-electron chi connectivity index (χ3n) is 0.262. The summed E-state index contributed by atoms with van der Waals surface area (Å²) in [7, 11) is -3.25. The van der Waals surface area contributed by atoms with Gasteiger partial charge in [0.05, 0.1) is 0 Å². The van der Waals surface area contributed by atoms with Gasteiger partial charge in [-0.15, -0.1) is 0 Å². The number of rotatable bonds is 7. The van der Waals surface area contributed by atoms with Crippen LogP contribution >= 0.6 is 36.2 Å². The topological polar surface area (TPSA) is 349 Å². The molecule has 176 valence electrons. The Labute approximate surface area is 207 Å². The Morgan fingerprint density at radius 2 is 1.03 bits per heavy atom. The van der Waals surface area contributed by atoms with Gasteiger partial charge in [-0.2, -0.15) is 9.03 Å². The van der Waals surface area contributed by atoms with Crippen molar-refractivity contribution in [1.82, 2.24) is 0 Å². The maximum atomic E-state index is 8.93. The minimum Gasteiger partial charge on any atom is -0.832 e. The van der Waals surface area contributed by atoms with Crippen LogP contribution < -0.4 is 9.92 Å². The molecule has 1 atom stereocenters. The van der Waals surface area contributed by atoms with Crippen molar-refractivity contribution in [2.75, 3.05) is 0 Å². The molecule has 0 saturated heterocycles. The van der Waals surface area contributed by atoms with Gasteiger partial charge in [0.2, 0.25) is 0 Å². The first-order chi connectivity index (χ1) is 13.0. The third-order valence-corrected chi connectivity index (χ3v) is 0.665. The predicted molar refractivity (Wildman–Crippen MR) is 90.3 cm³/mol. The molecule has 0 spiro atoms. The van der Waals surface area contributed by atoms with E-state index in [9.17, 15) is 0 Å². The summed E-state index contributed by atoms with van der Waals surface area (Å²) >= 11 is 0. The van der Waals surface area contributed by atoms with Gasteiger partial charge in [0.15, 0.2) is 0 Å². The second kappa shape index (κ2) is 63.3. The zero-order valence-electron chi connectivity index (χ0n) is 13.8. The molecular formula is H14B2Mg2O22P4. The monoisotopic (exact) mass is 560 g/mol. The maximum absolute atomic E-state index is 8.93. The molecular weight excluding hydrogens is 546 g/mol. The summed E-state index contributed by atoms with van der Waals surface area (Å²) in [5.41, 5.74) is 0. The molecule has 0 aromatic rings. The smallest absolute Gasteiger partial charge is 0.832 e. The van der Waals surface area contributed by atoms with Gasteiger partial charge in [0, 0.05) is 6.10 Å². The van der Waals surface area contributed by atoms with Crippen LogP contribution in [0.25, 0.3) is 0 Å². The van der Waals surface area contributed by atoms with Gasteiger partial charge in [-0.1, -0.05) is 10.1 Å². The van der Waals surface area contributed by atoms with E-state index in [0.29, 0.717) is 0 Å². The maximum Gasteiger partial charge on any atom is 2.00 e. The van der Waals surface area contributed by atoms with Crippen LogP contribution in [0.2, 0.25) is 0 Å². The molecule has 0 aromatic heterocycles. The molecule has 0 aliphatic rings. The molecule has 0 heterocycles. The van der Waals surface area contributed by atoms with Gasteiger partial charge in [-0.05, 0) is 14.6 Å². The van der Waals surface area contributed by atoms with E-state index in [2.05, 4.69) is 62.5 Å².